The fourth-order valence-corrected chi connectivity index (χ4v) is 3.41. The Morgan fingerprint density at radius 2 is 2.19 bits per heavy atom. The van der Waals surface area contributed by atoms with Gasteiger partial charge in [0.2, 0.25) is 0 Å². The number of carbonyl (C=O) groups is 1. The van der Waals surface area contributed by atoms with Crippen LogP contribution in [0.15, 0.2) is 43.1 Å². The van der Waals surface area contributed by atoms with Crippen molar-refractivity contribution < 1.29 is 4.79 Å². The first-order valence-electron chi connectivity index (χ1n) is 9.00. The van der Waals surface area contributed by atoms with E-state index in [0.717, 1.165) is 36.6 Å². The highest BCUT2D eigenvalue weighted by Gasteiger charge is 2.28. The van der Waals surface area contributed by atoms with E-state index in [1.807, 2.05) is 30.0 Å². The number of carbonyl (C=O) groups excluding carboxylic acids is 1. The Morgan fingerprint density at radius 1 is 1.30 bits per heavy atom. The average Bonchev–Trinajstić information content (AvgIpc) is 3.23. The summed E-state index contributed by atoms with van der Waals surface area (Å²) in [6.07, 6.45) is 8.32. The fourth-order valence-electron chi connectivity index (χ4n) is 3.41. The van der Waals surface area contributed by atoms with E-state index >= 15 is 0 Å². The van der Waals surface area contributed by atoms with Gasteiger partial charge < -0.3 is 15.2 Å². The van der Waals surface area contributed by atoms with Gasteiger partial charge in [-0.3, -0.25) is 9.78 Å². The molecule has 3 aromatic rings. The van der Waals surface area contributed by atoms with Crippen molar-refractivity contribution in [2.24, 2.45) is 0 Å². The monoisotopic (exact) mass is 363 g/mol. The Kier molecular flexibility index (Phi) is 4.78. The number of hydrogen-bond acceptors (Lipinski definition) is 6. The molecule has 0 spiro atoms. The topological polar surface area (TPSA) is 99.7 Å². The van der Waals surface area contributed by atoms with E-state index in [1.165, 1.54) is 6.33 Å². The van der Waals surface area contributed by atoms with E-state index < -0.39 is 0 Å². The summed E-state index contributed by atoms with van der Waals surface area (Å²) in [4.78, 5) is 34.8. The van der Waals surface area contributed by atoms with Gasteiger partial charge in [-0.1, -0.05) is 6.07 Å². The summed E-state index contributed by atoms with van der Waals surface area (Å²) in [5.74, 6) is 1.51. The number of aromatic amines is 1. The number of piperidine rings is 1. The smallest absolute Gasteiger partial charge is 0.271 e. The van der Waals surface area contributed by atoms with Crippen LogP contribution in [0.4, 0.5) is 11.6 Å². The highest BCUT2D eigenvalue weighted by atomic mass is 16.2. The van der Waals surface area contributed by atoms with E-state index in [2.05, 4.69) is 30.2 Å². The summed E-state index contributed by atoms with van der Waals surface area (Å²) in [5, 5.41) is 3.28. The first kappa shape index (κ1) is 17.1. The van der Waals surface area contributed by atoms with Crippen LogP contribution in [0.3, 0.4) is 0 Å². The minimum atomic E-state index is -0.0315. The lowest BCUT2D eigenvalue weighted by atomic mass is 9.94. The Labute approximate surface area is 157 Å². The van der Waals surface area contributed by atoms with Gasteiger partial charge in [0.25, 0.3) is 5.91 Å². The van der Waals surface area contributed by atoms with Crippen molar-refractivity contribution in [2.45, 2.75) is 25.7 Å². The molecule has 8 nitrogen and oxygen atoms in total. The number of rotatable bonds is 4. The van der Waals surface area contributed by atoms with Crippen molar-refractivity contribution in [3.63, 3.8) is 0 Å². The first-order valence-corrected chi connectivity index (χ1v) is 9.00. The largest absolute Gasteiger partial charge is 0.341 e. The normalized spacial score (nSPS) is 16.9. The van der Waals surface area contributed by atoms with E-state index in [9.17, 15) is 4.79 Å². The summed E-state index contributed by atoms with van der Waals surface area (Å²) in [7, 11) is 0. The molecule has 1 amide bonds. The standard InChI is InChI=1S/C19H21N7O/c1-13-4-2-6-16(24-13)25-18-17(21-7-8-22-18)14-5-3-9-26(11-14)19(27)15-10-20-12-23-15/h2,4,6-8,10,12,14H,3,5,9,11H2,1H3,(H,20,23)(H,22,24,25)/t14-/m1/s1. The second-order valence-electron chi connectivity index (χ2n) is 6.63. The summed E-state index contributed by atoms with van der Waals surface area (Å²) in [6, 6.07) is 5.80. The van der Waals surface area contributed by atoms with Crippen molar-refractivity contribution in [1.82, 2.24) is 29.8 Å². The molecular weight excluding hydrogens is 342 g/mol. The number of nitrogens with zero attached hydrogens (tertiary/aromatic N) is 5. The van der Waals surface area contributed by atoms with Gasteiger partial charge in [-0.15, -0.1) is 0 Å². The molecule has 4 rings (SSSR count). The van der Waals surface area contributed by atoms with Crippen LogP contribution in [-0.2, 0) is 0 Å². The van der Waals surface area contributed by atoms with Gasteiger partial charge in [0.05, 0.1) is 18.2 Å². The molecule has 1 atom stereocenters. The van der Waals surface area contributed by atoms with Crippen LogP contribution in [0.25, 0.3) is 0 Å². The Hall–Kier alpha value is -3.29. The molecule has 1 aliphatic heterocycles. The molecule has 0 unspecified atom stereocenters. The van der Waals surface area contributed by atoms with Gasteiger partial charge in [0.15, 0.2) is 5.82 Å². The molecule has 3 aromatic heterocycles. The number of amides is 1. The molecule has 1 saturated heterocycles. The maximum atomic E-state index is 12.6. The van der Waals surface area contributed by atoms with Crippen LogP contribution < -0.4 is 5.32 Å². The van der Waals surface area contributed by atoms with E-state index in [4.69, 9.17) is 0 Å². The number of anilines is 2. The Morgan fingerprint density at radius 3 is 3.00 bits per heavy atom. The second-order valence-corrected chi connectivity index (χ2v) is 6.63. The summed E-state index contributed by atoms with van der Waals surface area (Å²) < 4.78 is 0. The van der Waals surface area contributed by atoms with Gasteiger partial charge >= 0.3 is 0 Å². The zero-order valence-electron chi connectivity index (χ0n) is 15.1. The number of hydrogen-bond donors (Lipinski definition) is 2. The highest BCUT2D eigenvalue weighted by molar-refractivity contribution is 5.92. The maximum Gasteiger partial charge on any atom is 0.271 e. The maximum absolute atomic E-state index is 12.6. The lowest BCUT2D eigenvalue weighted by Crippen LogP contribution is -2.39. The molecule has 27 heavy (non-hydrogen) atoms. The molecule has 0 radical (unpaired) electrons. The lowest BCUT2D eigenvalue weighted by molar-refractivity contribution is 0.0700. The minimum absolute atomic E-state index is 0.0315. The number of aromatic nitrogens is 5. The van der Waals surface area contributed by atoms with Gasteiger partial charge in [-0.05, 0) is 31.9 Å². The van der Waals surface area contributed by atoms with Crippen LogP contribution in [0.2, 0.25) is 0 Å². The van der Waals surface area contributed by atoms with Crippen molar-refractivity contribution in [3.05, 3.63) is 60.2 Å². The zero-order valence-corrected chi connectivity index (χ0v) is 15.1. The molecule has 0 saturated carbocycles. The average molecular weight is 363 g/mol. The van der Waals surface area contributed by atoms with Crippen molar-refractivity contribution in [1.29, 1.82) is 0 Å². The predicted molar refractivity (Wildman–Crippen MR) is 101 cm³/mol. The van der Waals surface area contributed by atoms with Crippen molar-refractivity contribution in [3.8, 4) is 0 Å². The van der Waals surface area contributed by atoms with Crippen LogP contribution in [0.1, 0.15) is 40.6 Å². The number of nitrogens with one attached hydrogen (secondary N) is 2. The SMILES string of the molecule is Cc1cccc(Nc2nccnc2[C@@H]2CCCN(C(=O)c3cnc[nH]3)C2)n1. The third-order valence-electron chi connectivity index (χ3n) is 4.69. The minimum Gasteiger partial charge on any atom is -0.341 e. The molecule has 1 aliphatic rings. The van der Waals surface area contributed by atoms with Gasteiger partial charge in [-0.25, -0.2) is 15.0 Å². The zero-order chi connectivity index (χ0) is 18.6. The number of aryl methyl sites for hydroxylation is 1. The highest BCUT2D eigenvalue weighted by Crippen LogP contribution is 2.30. The first-order chi connectivity index (χ1) is 13.2. The van der Waals surface area contributed by atoms with Crippen LogP contribution in [0.5, 0.6) is 0 Å². The van der Waals surface area contributed by atoms with Crippen LogP contribution in [0, 0.1) is 6.92 Å². The number of pyridine rings is 1. The lowest BCUT2D eigenvalue weighted by Gasteiger charge is -2.32. The molecule has 1 fully saturated rings. The molecule has 0 aliphatic carbocycles. The fraction of sp³-hybridized carbons (Fsp3) is 0.316. The second kappa shape index (κ2) is 7.53. The van der Waals surface area contributed by atoms with Crippen LogP contribution >= 0.6 is 0 Å². The third kappa shape index (κ3) is 3.79. The molecule has 0 bridgehead atoms. The van der Waals surface area contributed by atoms with Gasteiger partial charge in [-0.2, -0.15) is 0 Å². The van der Waals surface area contributed by atoms with Crippen molar-refractivity contribution >= 4 is 17.5 Å². The number of H-pyrrole nitrogens is 1. The van der Waals surface area contributed by atoms with Gasteiger partial charge in [0, 0.05) is 37.1 Å². The van der Waals surface area contributed by atoms with E-state index in [1.54, 1.807) is 18.6 Å². The molecular formula is C19H21N7O. The number of imidazole rings is 1. The molecule has 4 heterocycles. The summed E-state index contributed by atoms with van der Waals surface area (Å²) >= 11 is 0. The Bertz CT molecular complexity index is 925. The van der Waals surface area contributed by atoms with Gasteiger partial charge in [0.1, 0.15) is 11.5 Å². The molecule has 0 aromatic carbocycles. The van der Waals surface area contributed by atoms with E-state index in [0.29, 0.717) is 18.1 Å². The quantitative estimate of drug-likeness (QED) is 0.739. The predicted octanol–water partition coefficient (Wildman–Crippen LogP) is 2.67. The number of likely N-dealkylation sites (tertiary alicyclic amines) is 1. The van der Waals surface area contributed by atoms with E-state index in [-0.39, 0.29) is 11.8 Å². The molecule has 2 N–H and O–H groups in total. The van der Waals surface area contributed by atoms with Crippen LogP contribution in [-0.4, -0.2) is 48.8 Å². The Balaban J connectivity index is 1.55. The third-order valence-corrected chi connectivity index (χ3v) is 4.69. The summed E-state index contributed by atoms with van der Waals surface area (Å²) in [6.45, 7) is 3.28. The summed E-state index contributed by atoms with van der Waals surface area (Å²) in [5.41, 5.74) is 2.31. The molecule has 138 valence electrons. The van der Waals surface area contributed by atoms with Crippen molar-refractivity contribution in [2.75, 3.05) is 18.4 Å². The molecule has 8 heteroatoms.